The zero-order valence-electron chi connectivity index (χ0n) is 12.6. The second-order valence-electron chi connectivity index (χ2n) is 4.76. The Hall–Kier alpha value is -2.48. The van der Waals surface area contributed by atoms with Gasteiger partial charge in [-0.25, -0.2) is 14.2 Å². The van der Waals surface area contributed by atoms with Crippen molar-refractivity contribution in [3.8, 4) is 0 Å². The summed E-state index contributed by atoms with van der Waals surface area (Å²) < 4.78 is 12.8. The Balaban J connectivity index is 1.84. The molecule has 0 radical (unpaired) electrons. The smallest absolute Gasteiger partial charge is 0.325 e. The maximum atomic E-state index is 12.8. The highest BCUT2D eigenvalue weighted by atomic mass is 32.1. The van der Waals surface area contributed by atoms with Crippen molar-refractivity contribution in [1.82, 2.24) is 10.3 Å². The molecule has 1 aromatic heterocycles. The van der Waals surface area contributed by atoms with Crippen LogP contribution in [-0.2, 0) is 11.2 Å². The maximum Gasteiger partial charge on any atom is 0.325 e. The first kappa shape index (κ1) is 16.9. The molecule has 8 heteroatoms. The Morgan fingerprint density at radius 3 is 2.65 bits per heavy atom. The van der Waals surface area contributed by atoms with E-state index in [1.807, 2.05) is 6.92 Å². The Bertz CT molecular complexity index is 672. The van der Waals surface area contributed by atoms with E-state index in [0.29, 0.717) is 23.1 Å². The van der Waals surface area contributed by atoms with Crippen LogP contribution in [-0.4, -0.2) is 23.5 Å². The van der Waals surface area contributed by atoms with Crippen molar-refractivity contribution in [2.24, 2.45) is 0 Å². The molecule has 3 amide bonds. The van der Waals surface area contributed by atoms with Crippen LogP contribution in [0.25, 0.3) is 0 Å². The third kappa shape index (κ3) is 5.67. The number of halogens is 1. The highest BCUT2D eigenvalue weighted by Crippen LogP contribution is 2.16. The molecular formula is C15H17FN4O2S. The molecular weight excluding hydrogens is 319 g/mol. The van der Waals surface area contributed by atoms with Gasteiger partial charge in [-0.2, -0.15) is 0 Å². The van der Waals surface area contributed by atoms with Gasteiger partial charge in [0.15, 0.2) is 5.13 Å². The summed E-state index contributed by atoms with van der Waals surface area (Å²) in [7, 11) is 0. The van der Waals surface area contributed by atoms with Gasteiger partial charge in [0, 0.05) is 17.6 Å². The molecule has 0 aliphatic rings. The number of benzene rings is 1. The largest absolute Gasteiger partial charge is 0.356 e. The highest BCUT2D eigenvalue weighted by Gasteiger charge is 2.09. The first-order valence-electron chi connectivity index (χ1n) is 7.11. The normalized spacial score (nSPS) is 10.2. The van der Waals surface area contributed by atoms with E-state index in [9.17, 15) is 14.0 Å². The Labute approximate surface area is 137 Å². The summed E-state index contributed by atoms with van der Waals surface area (Å²) in [5.41, 5.74) is 1.07. The number of thiazole rings is 1. The predicted octanol–water partition coefficient (Wildman–Crippen LogP) is 2.99. The van der Waals surface area contributed by atoms with E-state index in [0.717, 1.165) is 6.42 Å². The van der Waals surface area contributed by atoms with Crippen LogP contribution >= 0.6 is 11.3 Å². The molecule has 122 valence electrons. The topological polar surface area (TPSA) is 83.1 Å². The lowest BCUT2D eigenvalue weighted by atomic mass is 10.3. The molecule has 0 aliphatic heterocycles. The van der Waals surface area contributed by atoms with Gasteiger partial charge in [-0.3, -0.25) is 10.1 Å². The van der Waals surface area contributed by atoms with E-state index in [-0.39, 0.29) is 18.1 Å². The average Bonchev–Trinajstić information content (AvgIpc) is 2.94. The number of carbonyl (C=O) groups excluding carboxylic acids is 2. The summed E-state index contributed by atoms with van der Waals surface area (Å²) in [5.74, 6) is -0.471. The summed E-state index contributed by atoms with van der Waals surface area (Å²) in [6, 6.07) is 4.95. The van der Waals surface area contributed by atoms with Crippen molar-refractivity contribution in [2.45, 2.75) is 19.8 Å². The molecule has 1 aromatic carbocycles. The summed E-state index contributed by atoms with van der Waals surface area (Å²) in [6.07, 6.45) is 1.05. The molecule has 3 N–H and O–H groups in total. The van der Waals surface area contributed by atoms with Crippen LogP contribution in [0, 0.1) is 5.82 Å². The number of nitrogens with one attached hydrogen (secondary N) is 3. The minimum Gasteiger partial charge on any atom is -0.356 e. The van der Waals surface area contributed by atoms with E-state index in [2.05, 4.69) is 20.9 Å². The molecule has 6 nitrogen and oxygen atoms in total. The van der Waals surface area contributed by atoms with Crippen LogP contribution in [0.15, 0.2) is 29.6 Å². The van der Waals surface area contributed by atoms with Gasteiger partial charge in [0.05, 0.1) is 12.1 Å². The number of hydrogen-bond donors (Lipinski definition) is 3. The fraction of sp³-hybridized carbons (Fsp3) is 0.267. The van der Waals surface area contributed by atoms with Gasteiger partial charge in [-0.1, -0.05) is 6.92 Å². The fourth-order valence-electron chi connectivity index (χ4n) is 1.73. The number of carbonyl (C=O) groups is 2. The molecule has 23 heavy (non-hydrogen) atoms. The second-order valence-corrected chi connectivity index (χ2v) is 5.61. The van der Waals surface area contributed by atoms with E-state index >= 15 is 0 Å². The predicted molar refractivity (Wildman–Crippen MR) is 88.2 cm³/mol. The lowest BCUT2D eigenvalue weighted by Crippen LogP contribution is -2.25. The Kier molecular flexibility index (Phi) is 6.04. The lowest BCUT2D eigenvalue weighted by Gasteiger charge is -2.05. The number of urea groups is 1. The number of amides is 3. The zero-order valence-corrected chi connectivity index (χ0v) is 13.4. The Morgan fingerprint density at radius 1 is 1.22 bits per heavy atom. The monoisotopic (exact) mass is 336 g/mol. The molecule has 0 fully saturated rings. The molecule has 0 aliphatic carbocycles. The second kappa shape index (κ2) is 8.23. The van der Waals surface area contributed by atoms with Gasteiger partial charge < -0.3 is 10.6 Å². The highest BCUT2D eigenvalue weighted by molar-refractivity contribution is 7.13. The molecule has 0 unspecified atom stereocenters. The molecule has 2 rings (SSSR count). The molecule has 0 saturated carbocycles. The molecule has 1 heterocycles. The van der Waals surface area contributed by atoms with Crippen molar-refractivity contribution in [2.75, 3.05) is 17.2 Å². The lowest BCUT2D eigenvalue weighted by molar-refractivity contribution is -0.120. The number of hydrogen-bond acceptors (Lipinski definition) is 4. The van der Waals surface area contributed by atoms with Crippen LogP contribution in [0.3, 0.4) is 0 Å². The van der Waals surface area contributed by atoms with Crippen LogP contribution in [0.1, 0.15) is 19.0 Å². The van der Waals surface area contributed by atoms with Crippen molar-refractivity contribution >= 4 is 34.1 Å². The van der Waals surface area contributed by atoms with Crippen LogP contribution in [0.2, 0.25) is 0 Å². The average molecular weight is 336 g/mol. The van der Waals surface area contributed by atoms with Gasteiger partial charge >= 0.3 is 6.03 Å². The summed E-state index contributed by atoms with van der Waals surface area (Å²) in [4.78, 5) is 27.6. The van der Waals surface area contributed by atoms with Crippen molar-refractivity contribution in [3.63, 3.8) is 0 Å². The van der Waals surface area contributed by atoms with Gasteiger partial charge in [-0.05, 0) is 30.7 Å². The molecule has 0 bridgehead atoms. The molecule has 0 spiro atoms. The first-order chi connectivity index (χ1) is 11.1. The van der Waals surface area contributed by atoms with Gasteiger partial charge in [0.25, 0.3) is 0 Å². The fourth-order valence-corrected chi connectivity index (χ4v) is 2.43. The third-order valence-electron chi connectivity index (χ3n) is 2.79. The van der Waals surface area contributed by atoms with Crippen molar-refractivity contribution in [3.05, 3.63) is 41.2 Å². The van der Waals surface area contributed by atoms with Crippen molar-refractivity contribution < 1.29 is 14.0 Å². The van der Waals surface area contributed by atoms with E-state index in [1.54, 1.807) is 5.38 Å². The number of anilines is 2. The summed E-state index contributed by atoms with van der Waals surface area (Å²) in [5, 5.41) is 10.0. The standard InChI is InChI=1S/C15H17FN4O2S/c1-2-7-17-13(21)8-12-9-23-15(19-12)20-14(22)18-11-5-3-10(16)4-6-11/h3-6,9H,2,7-8H2,1H3,(H,17,21)(H2,18,19,20,22). The maximum absolute atomic E-state index is 12.8. The molecule has 2 aromatic rings. The SMILES string of the molecule is CCCNC(=O)Cc1csc(NC(=O)Nc2ccc(F)cc2)n1. The third-order valence-corrected chi connectivity index (χ3v) is 3.59. The summed E-state index contributed by atoms with van der Waals surface area (Å²) >= 11 is 1.23. The molecule has 0 saturated heterocycles. The quantitative estimate of drug-likeness (QED) is 0.758. The van der Waals surface area contributed by atoms with E-state index < -0.39 is 6.03 Å². The van der Waals surface area contributed by atoms with Crippen LogP contribution in [0.5, 0.6) is 0 Å². The number of aromatic nitrogens is 1. The zero-order chi connectivity index (χ0) is 16.7. The van der Waals surface area contributed by atoms with E-state index in [4.69, 9.17) is 0 Å². The molecule has 0 atom stereocenters. The number of rotatable bonds is 6. The van der Waals surface area contributed by atoms with Crippen LogP contribution < -0.4 is 16.0 Å². The Morgan fingerprint density at radius 2 is 1.96 bits per heavy atom. The van der Waals surface area contributed by atoms with Crippen molar-refractivity contribution in [1.29, 1.82) is 0 Å². The van der Waals surface area contributed by atoms with Crippen LogP contribution in [0.4, 0.5) is 20.0 Å². The minimum absolute atomic E-state index is 0.0977. The van der Waals surface area contributed by atoms with Gasteiger partial charge in [0.2, 0.25) is 5.91 Å². The van der Waals surface area contributed by atoms with Gasteiger partial charge in [0.1, 0.15) is 5.82 Å². The first-order valence-corrected chi connectivity index (χ1v) is 7.99. The summed E-state index contributed by atoms with van der Waals surface area (Å²) in [6.45, 7) is 2.61. The van der Waals surface area contributed by atoms with Gasteiger partial charge in [-0.15, -0.1) is 11.3 Å². The minimum atomic E-state index is -0.479. The number of nitrogens with zero attached hydrogens (tertiary/aromatic N) is 1. The van der Waals surface area contributed by atoms with E-state index in [1.165, 1.54) is 35.6 Å².